The minimum Gasteiger partial charge on any atom is -0.135 e. The molecule has 17 aromatic rings. The molecular weight excluding hydrogens is 1110 g/mol. The summed E-state index contributed by atoms with van der Waals surface area (Å²) in [4.78, 5) is 0. The van der Waals surface area contributed by atoms with E-state index in [0.717, 1.165) is 0 Å². The summed E-state index contributed by atoms with van der Waals surface area (Å²) in [6.07, 6.45) is 0. The molecule has 0 saturated carbocycles. The summed E-state index contributed by atoms with van der Waals surface area (Å²) in [5.74, 6) is 0. The first kappa shape index (κ1) is 53.3. The van der Waals surface area contributed by atoms with Gasteiger partial charge in [0.1, 0.15) is 0 Å². The van der Waals surface area contributed by atoms with E-state index in [9.17, 15) is 0 Å². The van der Waals surface area contributed by atoms with Crippen LogP contribution in [0.1, 0.15) is 49.9 Å². The Balaban J connectivity index is 0.000000136. The standard InChI is InChI=1S/C49H34.C41H28S/c1-49(2)47-29-36-11-6-5-10-35(36)27-45(47)46-28-43-21-20-42(26-44(43)30-48(46)49)34-13-7-12-33(23-34)37-16-17-41-25-40(19-18-39(41)24-37)38-15-14-31-8-3-4-9-32(31)22-38;1-41(2)37-24-27(19-20-32(37)34-21-18-25-10-3-6-13-30(25)39(34)41)36-23-28(22-26-11-4-5-12-29(26)36)31-15-9-16-35-33-14-7-8-17-38(33)42-40(31)35/h3-30H,1-2H3;3-24H,1-2H3. The first-order chi connectivity index (χ1) is 44.6. The van der Waals surface area contributed by atoms with Crippen molar-refractivity contribution in [3.63, 3.8) is 0 Å². The molecule has 0 aliphatic heterocycles. The molecule has 0 fully saturated rings. The molecule has 0 N–H and O–H groups in total. The highest BCUT2D eigenvalue weighted by Crippen LogP contribution is 2.54. The summed E-state index contributed by atoms with van der Waals surface area (Å²) in [5.41, 5.74) is 23.6. The van der Waals surface area contributed by atoms with Gasteiger partial charge in [0, 0.05) is 31.0 Å². The van der Waals surface area contributed by atoms with Gasteiger partial charge in [0.2, 0.25) is 0 Å². The van der Waals surface area contributed by atoms with Crippen molar-refractivity contribution >= 4 is 96.1 Å². The minimum absolute atomic E-state index is 0.0505. The van der Waals surface area contributed by atoms with Crippen LogP contribution in [0.25, 0.3) is 163 Å². The van der Waals surface area contributed by atoms with Crippen molar-refractivity contribution in [3.05, 3.63) is 326 Å². The van der Waals surface area contributed by atoms with Gasteiger partial charge in [-0.1, -0.05) is 252 Å². The first-order valence-corrected chi connectivity index (χ1v) is 32.7. The van der Waals surface area contributed by atoms with E-state index in [1.54, 1.807) is 0 Å². The summed E-state index contributed by atoms with van der Waals surface area (Å²) in [7, 11) is 0. The molecular formula is C90H62S. The quantitative estimate of drug-likeness (QED) is 0.161. The largest absolute Gasteiger partial charge is 0.135 e. The Morgan fingerprint density at radius 2 is 0.648 bits per heavy atom. The number of hydrogen-bond acceptors (Lipinski definition) is 1. The van der Waals surface area contributed by atoms with E-state index in [1.165, 1.54) is 185 Å². The van der Waals surface area contributed by atoms with Gasteiger partial charge in [-0.3, -0.25) is 0 Å². The van der Waals surface area contributed by atoms with Crippen molar-refractivity contribution in [2.75, 3.05) is 0 Å². The van der Waals surface area contributed by atoms with Crippen molar-refractivity contribution < 1.29 is 0 Å². The van der Waals surface area contributed by atoms with E-state index >= 15 is 0 Å². The molecule has 1 aromatic heterocycles. The maximum atomic E-state index is 2.47. The fourth-order valence-corrected chi connectivity index (χ4v) is 16.9. The third-order valence-electron chi connectivity index (χ3n) is 20.4. The maximum Gasteiger partial charge on any atom is 0.0433 e. The number of rotatable bonds is 5. The van der Waals surface area contributed by atoms with Crippen LogP contribution < -0.4 is 0 Å². The molecule has 0 saturated heterocycles. The van der Waals surface area contributed by atoms with Gasteiger partial charge in [0.15, 0.2) is 0 Å². The van der Waals surface area contributed by atoms with Gasteiger partial charge >= 0.3 is 0 Å². The van der Waals surface area contributed by atoms with Crippen molar-refractivity contribution in [1.82, 2.24) is 0 Å². The normalized spacial score (nSPS) is 13.5. The summed E-state index contributed by atoms with van der Waals surface area (Å²) in [6.45, 7) is 9.54. The Hall–Kier alpha value is -10.7. The molecule has 0 amide bonds. The summed E-state index contributed by atoms with van der Waals surface area (Å²) in [6, 6.07) is 113. The number of fused-ring (bicyclic) bond motifs is 16. The van der Waals surface area contributed by atoms with Crippen molar-refractivity contribution in [2.45, 2.75) is 38.5 Å². The van der Waals surface area contributed by atoms with Crippen LogP contribution in [0.3, 0.4) is 0 Å². The number of thiophene rings is 1. The van der Waals surface area contributed by atoms with Crippen molar-refractivity contribution in [1.29, 1.82) is 0 Å². The third-order valence-corrected chi connectivity index (χ3v) is 21.6. The van der Waals surface area contributed by atoms with Crippen LogP contribution in [-0.4, -0.2) is 0 Å². The number of benzene rings is 16. The van der Waals surface area contributed by atoms with Crippen molar-refractivity contribution in [3.8, 4) is 77.9 Å². The van der Waals surface area contributed by atoms with Gasteiger partial charge < -0.3 is 0 Å². The maximum absolute atomic E-state index is 2.47. The lowest BCUT2D eigenvalue weighted by Crippen LogP contribution is -2.15. The SMILES string of the molecule is CC1(C)c2cc(-c3cc(-c4cccc5c4sc4ccccc45)cc4ccccc34)ccc2-c2ccc3ccccc3c21.CC1(C)c2cc3ccccc3cc2-c2cc3ccc(-c4cccc(-c5ccc6cc(-c7ccc8ccccc8c7)ccc6c5)c4)cc3cc21. The van der Waals surface area contributed by atoms with Crippen LogP contribution in [0.4, 0.5) is 0 Å². The van der Waals surface area contributed by atoms with E-state index in [2.05, 4.69) is 331 Å². The van der Waals surface area contributed by atoms with E-state index in [1.807, 2.05) is 11.3 Å². The molecule has 16 aromatic carbocycles. The number of hydrogen-bond donors (Lipinski definition) is 0. The fourth-order valence-electron chi connectivity index (χ4n) is 15.6. The Morgan fingerprint density at radius 1 is 0.209 bits per heavy atom. The lowest BCUT2D eigenvalue weighted by Gasteiger charge is -2.24. The van der Waals surface area contributed by atoms with Crippen LogP contribution in [0.5, 0.6) is 0 Å². The highest BCUT2D eigenvalue weighted by molar-refractivity contribution is 7.26. The van der Waals surface area contributed by atoms with Gasteiger partial charge in [-0.25, -0.2) is 0 Å². The first-order valence-electron chi connectivity index (χ1n) is 31.9. The van der Waals surface area contributed by atoms with E-state index in [0.29, 0.717) is 0 Å². The summed E-state index contributed by atoms with van der Waals surface area (Å²) in [5, 5.41) is 18.2. The highest BCUT2D eigenvalue weighted by Gasteiger charge is 2.38. The van der Waals surface area contributed by atoms with E-state index in [-0.39, 0.29) is 10.8 Å². The average molecular weight is 1180 g/mol. The Labute approximate surface area is 534 Å². The molecule has 0 bridgehead atoms. The Kier molecular flexibility index (Phi) is 12.0. The zero-order valence-electron chi connectivity index (χ0n) is 51.3. The molecule has 0 atom stereocenters. The van der Waals surface area contributed by atoms with E-state index < -0.39 is 0 Å². The summed E-state index contributed by atoms with van der Waals surface area (Å²) < 4.78 is 2.70. The van der Waals surface area contributed by atoms with Gasteiger partial charge in [0.25, 0.3) is 0 Å². The van der Waals surface area contributed by atoms with Crippen molar-refractivity contribution in [2.24, 2.45) is 0 Å². The van der Waals surface area contributed by atoms with Gasteiger partial charge in [0.05, 0.1) is 0 Å². The molecule has 2 aliphatic carbocycles. The zero-order chi connectivity index (χ0) is 60.7. The lowest BCUT2D eigenvalue weighted by molar-refractivity contribution is 0.662. The van der Waals surface area contributed by atoms with Gasteiger partial charge in [-0.2, -0.15) is 0 Å². The zero-order valence-corrected chi connectivity index (χ0v) is 52.1. The smallest absolute Gasteiger partial charge is 0.0433 e. The molecule has 428 valence electrons. The second-order valence-electron chi connectivity index (χ2n) is 26.4. The second-order valence-corrected chi connectivity index (χ2v) is 27.4. The monoisotopic (exact) mass is 1170 g/mol. The predicted octanol–water partition coefficient (Wildman–Crippen LogP) is 25.6. The molecule has 0 nitrogen and oxygen atoms in total. The lowest BCUT2D eigenvalue weighted by atomic mass is 9.79. The molecule has 19 rings (SSSR count). The van der Waals surface area contributed by atoms with E-state index in [4.69, 9.17) is 0 Å². The fraction of sp³-hybridized carbons (Fsp3) is 0.0667. The van der Waals surface area contributed by atoms with Crippen LogP contribution in [0.15, 0.2) is 303 Å². The third kappa shape index (κ3) is 8.63. The molecule has 1 heteroatoms. The molecule has 0 radical (unpaired) electrons. The van der Waals surface area contributed by atoms with Crippen LogP contribution in [-0.2, 0) is 10.8 Å². The second kappa shape index (κ2) is 20.4. The van der Waals surface area contributed by atoms with Crippen LogP contribution >= 0.6 is 11.3 Å². The van der Waals surface area contributed by atoms with Crippen LogP contribution in [0.2, 0.25) is 0 Å². The average Bonchev–Trinajstić information content (AvgIpc) is 1.60. The predicted molar refractivity (Wildman–Crippen MR) is 393 cm³/mol. The molecule has 0 spiro atoms. The summed E-state index contributed by atoms with van der Waals surface area (Å²) >= 11 is 1.90. The molecule has 91 heavy (non-hydrogen) atoms. The highest BCUT2D eigenvalue weighted by atomic mass is 32.1. The molecule has 2 aliphatic rings. The Morgan fingerprint density at radius 3 is 1.33 bits per heavy atom. The van der Waals surface area contributed by atoms with Gasteiger partial charge in [-0.05, 0) is 244 Å². The van der Waals surface area contributed by atoms with Crippen LogP contribution in [0, 0.1) is 0 Å². The topological polar surface area (TPSA) is 0 Å². The Bertz CT molecular complexity index is 5910. The molecule has 1 heterocycles. The minimum atomic E-state index is -0.0857. The van der Waals surface area contributed by atoms with Gasteiger partial charge in [-0.15, -0.1) is 11.3 Å². The molecule has 0 unspecified atom stereocenters.